The van der Waals surface area contributed by atoms with E-state index in [1.807, 2.05) is 0 Å². The average Bonchev–Trinajstić information content (AvgIpc) is 1.36. The van der Waals surface area contributed by atoms with E-state index in [1.54, 1.807) is 0 Å². The Hall–Kier alpha value is 0.987. The average molecular weight is 290 g/mol. The van der Waals surface area contributed by atoms with Crippen molar-refractivity contribution in [1.82, 2.24) is 0 Å². The first-order valence-corrected chi connectivity index (χ1v) is 2.25. The van der Waals surface area contributed by atoms with Crippen molar-refractivity contribution in [2.24, 2.45) is 0 Å². The van der Waals surface area contributed by atoms with Crippen molar-refractivity contribution in [1.29, 1.82) is 0 Å². The molecule has 0 unspecified atom stereocenters. The molecule has 2 heteroatoms. The summed E-state index contributed by atoms with van der Waals surface area (Å²) >= 11 is 0. The van der Waals surface area contributed by atoms with Gasteiger partial charge in [0.05, 0.1) is 0 Å². The zero-order valence-corrected chi connectivity index (χ0v) is 8.94. The summed E-state index contributed by atoms with van der Waals surface area (Å²) in [5.74, 6) is 0. The summed E-state index contributed by atoms with van der Waals surface area (Å²) in [4.78, 5) is 0. The molecule has 0 aromatic carbocycles. The van der Waals surface area contributed by atoms with Gasteiger partial charge in [-0.15, -0.1) is 0 Å². The third-order valence-corrected chi connectivity index (χ3v) is 1.00. The summed E-state index contributed by atoms with van der Waals surface area (Å²) in [5, 5.41) is 0. The second-order valence-corrected chi connectivity index (χ2v) is 2.00. The van der Waals surface area contributed by atoms with Crippen LogP contribution < -0.4 is 0 Å². The Morgan fingerprint density at radius 3 is 0.750 bits per heavy atom. The van der Waals surface area contributed by atoms with E-state index >= 15 is 0 Å². The van der Waals surface area contributed by atoms with Crippen molar-refractivity contribution in [2.75, 3.05) is 0 Å². The fourth-order valence-electron chi connectivity index (χ4n) is 0. The zero-order chi connectivity index (χ0) is 5.15. The van der Waals surface area contributed by atoms with E-state index in [0.717, 1.165) is 0 Å². The fourth-order valence-corrected chi connectivity index (χ4v) is 0. The van der Waals surface area contributed by atoms with E-state index in [4.69, 9.17) is 0 Å². The molecule has 54 valence electrons. The van der Waals surface area contributed by atoms with Gasteiger partial charge in [0.15, 0.2) is 0 Å². The molecule has 0 rings (SSSR count). The minimum atomic E-state index is 0. The van der Waals surface area contributed by atoms with E-state index in [-0.39, 0.29) is 39.0 Å². The van der Waals surface area contributed by atoms with E-state index in [9.17, 15) is 0 Å². The summed E-state index contributed by atoms with van der Waals surface area (Å²) in [7, 11) is 0. The van der Waals surface area contributed by atoms with Gasteiger partial charge in [-0.25, -0.2) is 0 Å². The monoisotopic (exact) mass is 290 g/mol. The van der Waals surface area contributed by atoms with Gasteiger partial charge in [0.1, 0.15) is 0 Å². The van der Waals surface area contributed by atoms with Crippen molar-refractivity contribution < 1.29 is 39.0 Å². The van der Waals surface area contributed by atoms with Crippen LogP contribution in [0.4, 0.5) is 0 Å². The molecule has 0 N–H and O–H groups in total. The second kappa shape index (κ2) is 7.99. The van der Waals surface area contributed by atoms with E-state index in [0.29, 0.717) is 0 Å². The minimum absolute atomic E-state index is 0. The SMILES string of the molecule is CC(C)=C(C)C.[Rh].[Rh]. The summed E-state index contributed by atoms with van der Waals surface area (Å²) < 4.78 is 0. The number of rotatable bonds is 0. The van der Waals surface area contributed by atoms with Crippen molar-refractivity contribution >= 4 is 0 Å². The normalized spacial score (nSPS) is 6.00. The topological polar surface area (TPSA) is 0 Å². The molecule has 0 aliphatic heterocycles. The number of hydrogen-bond donors (Lipinski definition) is 0. The molecule has 0 spiro atoms. The Morgan fingerprint density at radius 1 is 0.625 bits per heavy atom. The van der Waals surface area contributed by atoms with Crippen LogP contribution in [-0.4, -0.2) is 0 Å². The van der Waals surface area contributed by atoms with Crippen LogP contribution in [0.15, 0.2) is 11.1 Å². The first-order valence-electron chi connectivity index (χ1n) is 2.25. The molecule has 0 saturated carbocycles. The minimum Gasteiger partial charge on any atom is -0.0778 e. The molecular formula is C6H12Rh2. The molecule has 0 bridgehead atoms. The summed E-state index contributed by atoms with van der Waals surface area (Å²) in [6.45, 7) is 8.48. The third kappa shape index (κ3) is 10.1. The van der Waals surface area contributed by atoms with Crippen LogP contribution in [0.1, 0.15) is 27.7 Å². The molecule has 0 fully saturated rings. The van der Waals surface area contributed by atoms with Gasteiger partial charge in [0.2, 0.25) is 0 Å². The van der Waals surface area contributed by atoms with Gasteiger partial charge < -0.3 is 0 Å². The number of allylic oxidation sites excluding steroid dienone is 2. The maximum atomic E-state index is 2.12. The maximum Gasteiger partial charge on any atom is 0 e. The molecule has 0 aliphatic rings. The quantitative estimate of drug-likeness (QED) is 0.474. The van der Waals surface area contributed by atoms with Gasteiger partial charge >= 0.3 is 0 Å². The summed E-state index contributed by atoms with van der Waals surface area (Å²) in [6, 6.07) is 0. The van der Waals surface area contributed by atoms with E-state index in [1.165, 1.54) is 11.1 Å². The molecule has 0 aliphatic carbocycles. The van der Waals surface area contributed by atoms with Gasteiger partial charge in [0, 0.05) is 39.0 Å². The van der Waals surface area contributed by atoms with Crippen LogP contribution in [0.2, 0.25) is 0 Å². The maximum absolute atomic E-state index is 2.12. The fraction of sp³-hybridized carbons (Fsp3) is 0.667. The standard InChI is InChI=1S/C6H12.2Rh/c1-5(2)6(3)4;;/h1-4H3;;. The second-order valence-electron chi connectivity index (χ2n) is 2.00. The molecule has 0 aromatic rings. The van der Waals surface area contributed by atoms with E-state index < -0.39 is 0 Å². The van der Waals surface area contributed by atoms with Crippen LogP contribution in [0.25, 0.3) is 0 Å². The Morgan fingerprint density at radius 2 is 0.750 bits per heavy atom. The molecule has 0 amide bonds. The number of hydrogen-bond acceptors (Lipinski definition) is 0. The van der Waals surface area contributed by atoms with Gasteiger partial charge in [-0.1, -0.05) is 11.1 Å². The third-order valence-electron chi connectivity index (χ3n) is 1.00. The molecule has 0 nitrogen and oxygen atoms in total. The predicted octanol–water partition coefficient (Wildman–Crippen LogP) is 2.36. The van der Waals surface area contributed by atoms with Crippen molar-refractivity contribution in [2.45, 2.75) is 27.7 Å². The molecule has 0 aromatic heterocycles. The first kappa shape index (κ1) is 16.0. The Labute approximate surface area is 77.6 Å². The first-order chi connectivity index (χ1) is 2.64. The zero-order valence-electron chi connectivity index (χ0n) is 5.67. The largest absolute Gasteiger partial charge is 0.0778 e. The van der Waals surface area contributed by atoms with Crippen LogP contribution >= 0.6 is 0 Å². The van der Waals surface area contributed by atoms with Crippen molar-refractivity contribution in [3.63, 3.8) is 0 Å². The van der Waals surface area contributed by atoms with Crippen LogP contribution in [0, 0.1) is 0 Å². The Bertz CT molecular complexity index is 56.6. The summed E-state index contributed by atoms with van der Waals surface area (Å²) in [5.41, 5.74) is 2.85. The van der Waals surface area contributed by atoms with Gasteiger partial charge in [-0.2, -0.15) is 0 Å². The smallest absolute Gasteiger partial charge is 0 e. The summed E-state index contributed by atoms with van der Waals surface area (Å²) in [6.07, 6.45) is 0. The molecule has 8 heavy (non-hydrogen) atoms. The van der Waals surface area contributed by atoms with E-state index in [2.05, 4.69) is 27.7 Å². The van der Waals surface area contributed by atoms with Crippen molar-refractivity contribution in [3.05, 3.63) is 11.1 Å². The van der Waals surface area contributed by atoms with Crippen LogP contribution in [0.5, 0.6) is 0 Å². The molecule has 2 radical (unpaired) electrons. The van der Waals surface area contributed by atoms with Gasteiger partial charge in [-0.05, 0) is 27.7 Å². The molecular weight excluding hydrogens is 278 g/mol. The van der Waals surface area contributed by atoms with Crippen LogP contribution in [0.3, 0.4) is 0 Å². The Kier molecular flexibility index (Phi) is 16.0. The predicted molar refractivity (Wildman–Crippen MR) is 29.7 cm³/mol. The van der Waals surface area contributed by atoms with Crippen LogP contribution in [-0.2, 0) is 39.0 Å². The van der Waals surface area contributed by atoms with Gasteiger partial charge in [-0.3, -0.25) is 0 Å². The van der Waals surface area contributed by atoms with Gasteiger partial charge in [0.25, 0.3) is 0 Å². The molecule has 0 atom stereocenters. The Balaban J connectivity index is -0.000000125. The molecule has 0 heterocycles. The van der Waals surface area contributed by atoms with Crippen molar-refractivity contribution in [3.8, 4) is 0 Å². The molecule has 0 saturated heterocycles.